The van der Waals surface area contributed by atoms with Crippen LogP contribution in [0.1, 0.15) is 114 Å². The van der Waals surface area contributed by atoms with Crippen LogP contribution in [0.4, 0.5) is 13.2 Å². The Morgan fingerprint density at radius 2 is 0.902 bits per heavy atom. The summed E-state index contributed by atoms with van der Waals surface area (Å²) in [6, 6.07) is 30.2. The predicted molar refractivity (Wildman–Crippen MR) is 236 cm³/mol. The maximum Gasteiger partial charge on any atom is 0.432 e. The minimum absolute atomic E-state index is 0.340. The van der Waals surface area contributed by atoms with Gasteiger partial charge in [-0.05, 0) is 73.4 Å². The SMILES string of the molecule is CO[C@](C(=O)O)(c1ccccc1)C(F)(F)F.COc1ccc(P(=O)(O)c2ccc(OC)cc2)cc1.O=C(O)CCCCCCCCCCCCCCCCCc1ccccc1. The van der Waals surface area contributed by atoms with Gasteiger partial charge in [-0.15, -0.1) is 0 Å². The van der Waals surface area contributed by atoms with Crippen LogP contribution in [0.3, 0.4) is 0 Å². The minimum atomic E-state index is -5.03. The summed E-state index contributed by atoms with van der Waals surface area (Å²) in [5.41, 5.74) is -2.29. The fourth-order valence-electron chi connectivity index (χ4n) is 6.67. The van der Waals surface area contributed by atoms with Gasteiger partial charge < -0.3 is 29.3 Å². The second-order valence-corrected chi connectivity index (χ2v) is 16.9. The van der Waals surface area contributed by atoms with Crippen LogP contribution in [0, 0.1) is 0 Å². The molecule has 13 heteroatoms. The number of unbranched alkanes of at least 4 members (excludes halogenated alkanes) is 14. The van der Waals surface area contributed by atoms with Crippen molar-refractivity contribution >= 4 is 29.9 Å². The summed E-state index contributed by atoms with van der Waals surface area (Å²) < 4.78 is 65.2. The van der Waals surface area contributed by atoms with Gasteiger partial charge in [-0.3, -0.25) is 9.36 Å². The van der Waals surface area contributed by atoms with Crippen LogP contribution in [0.25, 0.3) is 0 Å². The lowest BCUT2D eigenvalue weighted by Gasteiger charge is -2.30. The number of carboxylic acid groups (broad SMARTS) is 2. The summed E-state index contributed by atoms with van der Waals surface area (Å²) in [7, 11) is 0.253. The van der Waals surface area contributed by atoms with Crippen LogP contribution in [-0.2, 0) is 30.9 Å². The van der Waals surface area contributed by atoms with E-state index in [1.807, 2.05) is 0 Å². The third-order valence-electron chi connectivity index (χ3n) is 10.2. The topological polar surface area (TPSA) is 140 Å². The van der Waals surface area contributed by atoms with E-state index < -0.39 is 36.6 Å². The molecule has 0 amide bonds. The maximum absolute atomic E-state index is 12.8. The first-order chi connectivity index (χ1) is 29.2. The molecule has 4 rings (SSSR count). The lowest BCUT2D eigenvalue weighted by molar-refractivity contribution is -0.273. The Morgan fingerprint density at radius 1 is 0.541 bits per heavy atom. The zero-order chi connectivity index (χ0) is 45.0. The van der Waals surface area contributed by atoms with Gasteiger partial charge in [-0.2, -0.15) is 13.2 Å². The highest BCUT2D eigenvalue weighted by atomic mass is 31.2. The quantitative estimate of drug-likeness (QED) is 0.0438. The molecule has 4 aromatic carbocycles. The molecular weight excluding hydrogens is 808 g/mol. The molecule has 3 N–H and O–H groups in total. The van der Waals surface area contributed by atoms with Gasteiger partial charge in [0.15, 0.2) is 0 Å². The van der Waals surface area contributed by atoms with Crippen LogP contribution in [0.15, 0.2) is 109 Å². The molecule has 0 bridgehead atoms. The molecule has 0 aliphatic heterocycles. The monoisotopic (exact) mass is 872 g/mol. The van der Waals surface area contributed by atoms with Crippen molar-refractivity contribution in [3.8, 4) is 11.5 Å². The highest BCUT2D eigenvalue weighted by molar-refractivity contribution is 7.73. The molecule has 61 heavy (non-hydrogen) atoms. The molecule has 0 radical (unpaired) electrons. The Bertz CT molecular complexity index is 1770. The smallest absolute Gasteiger partial charge is 0.432 e. The van der Waals surface area contributed by atoms with E-state index >= 15 is 0 Å². The highest BCUT2D eigenvalue weighted by Gasteiger charge is 2.63. The van der Waals surface area contributed by atoms with Crippen LogP contribution in [-0.4, -0.2) is 54.6 Å². The van der Waals surface area contributed by atoms with Gasteiger partial charge in [0, 0.05) is 29.7 Å². The molecule has 0 saturated heterocycles. The number of halogens is 3. The van der Waals surface area contributed by atoms with Crippen molar-refractivity contribution in [2.75, 3.05) is 21.3 Å². The molecule has 0 unspecified atom stereocenters. The van der Waals surface area contributed by atoms with Crippen LogP contribution in [0.5, 0.6) is 11.5 Å². The number of carboxylic acids is 2. The maximum atomic E-state index is 12.8. The van der Waals surface area contributed by atoms with Crippen LogP contribution >= 0.6 is 7.37 Å². The molecule has 0 aliphatic carbocycles. The number of methoxy groups -OCH3 is 3. The van der Waals surface area contributed by atoms with Gasteiger partial charge >= 0.3 is 18.1 Å². The fraction of sp³-hybridized carbons (Fsp3) is 0.458. The molecule has 1 atom stereocenters. The minimum Gasteiger partial charge on any atom is -0.497 e. The number of hydrogen-bond donors (Lipinski definition) is 3. The van der Waals surface area contributed by atoms with E-state index in [1.165, 1.54) is 114 Å². The summed E-state index contributed by atoms with van der Waals surface area (Å²) >= 11 is 0. The summed E-state index contributed by atoms with van der Waals surface area (Å²) in [6.07, 6.45) is 16.2. The molecule has 0 aliphatic rings. The van der Waals surface area contributed by atoms with Crippen molar-refractivity contribution < 1.29 is 56.6 Å². The van der Waals surface area contributed by atoms with E-state index in [0.29, 0.717) is 35.6 Å². The third-order valence-corrected chi connectivity index (χ3v) is 12.2. The van der Waals surface area contributed by atoms with E-state index in [0.717, 1.165) is 25.0 Å². The molecule has 0 fully saturated rings. The first kappa shape index (κ1) is 52.5. The number of alkyl halides is 3. The highest BCUT2D eigenvalue weighted by Crippen LogP contribution is 2.42. The van der Waals surface area contributed by atoms with Gasteiger partial charge in [0.05, 0.1) is 14.2 Å². The van der Waals surface area contributed by atoms with Gasteiger partial charge in [0.1, 0.15) is 11.5 Å². The van der Waals surface area contributed by atoms with E-state index in [9.17, 15) is 32.2 Å². The Balaban J connectivity index is 0.000000325. The van der Waals surface area contributed by atoms with Crippen molar-refractivity contribution in [2.24, 2.45) is 0 Å². The number of benzene rings is 4. The Morgan fingerprint density at radius 3 is 1.23 bits per heavy atom. The van der Waals surface area contributed by atoms with E-state index in [4.69, 9.17) is 19.7 Å². The number of aliphatic carboxylic acids is 2. The standard InChI is InChI=1S/C24H40O2.C14H15O4P.C10H9F3O3/c25-24(26)22-18-13-11-9-7-5-3-1-2-4-6-8-10-12-15-19-23-20-16-14-17-21-23;1-17-11-3-7-13(8-4-11)19(15,16)14-9-5-12(18-2)6-10-14;1-16-9(8(14)15,10(11,12)13)7-5-3-2-4-6-7/h14,16-17,20-21H,1-13,15,18-19,22H2,(H,25,26);3-10H,1-2H3,(H,15,16);2-6H,1H3,(H,14,15)/t;;9-/m..0/s1. The first-order valence-electron chi connectivity index (χ1n) is 21.0. The molecule has 0 spiro atoms. The molecule has 0 aromatic heterocycles. The van der Waals surface area contributed by atoms with E-state index in [2.05, 4.69) is 35.1 Å². The molecule has 0 saturated carbocycles. The average Bonchev–Trinajstić information content (AvgIpc) is 3.25. The van der Waals surface area contributed by atoms with Crippen LogP contribution < -0.4 is 20.1 Å². The summed E-state index contributed by atoms with van der Waals surface area (Å²) in [6.45, 7) is 0. The normalized spacial score (nSPS) is 12.2. The molecule has 336 valence electrons. The van der Waals surface area contributed by atoms with Crippen molar-refractivity contribution in [3.63, 3.8) is 0 Å². The molecule has 9 nitrogen and oxygen atoms in total. The Hall–Kier alpha value is -4.64. The van der Waals surface area contributed by atoms with Crippen molar-refractivity contribution in [3.05, 3.63) is 120 Å². The van der Waals surface area contributed by atoms with Crippen molar-refractivity contribution in [1.29, 1.82) is 0 Å². The van der Waals surface area contributed by atoms with Gasteiger partial charge in [-0.25, -0.2) is 4.79 Å². The van der Waals surface area contributed by atoms with E-state index in [-0.39, 0.29) is 0 Å². The lowest BCUT2D eigenvalue weighted by Crippen LogP contribution is -2.50. The second kappa shape index (κ2) is 28.8. The lowest BCUT2D eigenvalue weighted by atomic mass is 9.93. The second-order valence-electron chi connectivity index (χ2n) is 14.7. The zero-order valence-electron chi connectivity index (χ0n) is 35.8. The van der Waals surface area contributed by atoms with Gasteiger partial charge in [0.25, 0.3) is 13.0 Å². The average molecular weight is 873 g/mol. The first-order valence-corrected chi connectivity index (χ1v) is 22.7. The van der Waals surface area contributed by atoms with Crippen LogP contribution in [0.2, 0.25) is 0 Å². The van der Waals surface area contributed by atoms with Gasteiger partial charge in [0.2, 0.25) is 0 Å². The largest absolute Gasteiger partial charge is 0.497 e. The number of aryl methyl sites for hydroxylation is 1. The zero-order valence-corrected chi connectivity index (χ0v) is 36.7. The number of ether oxygens (including phenoxy) is 3. The Kier molecular flexibility index (Phi) is 24.8. The number of rotatable bonds is 25. The fourth-order valence-corrected chi connectivity index (χ4v) is 8.07. The third kappa shape index (κ3) is 18.9. The summed E-state index contributed by atoms with van der Waals surface area (Å²) in [5.74, 6) is -1.44. The number of hydrogen-bond acceptors (Lipinski definition) is 6. The number of carbonyl (C=O) groups is 2. The molecule has 0 heterocycles. The summed E-state index contributed by atoms with van der Waals surface area (Å²) in [4.78, 5) is 31.5. The van der Waals surface area contributed by atoms with Crippen molar-refractivity contribution in [1.82, 2.24) is 0 Å². The van der Waals surface area contributed by atoms with Crippen molar-refractivity contribution in [2.45, 2.75) is 121 Å². The Labute approximate surface area is 359 Å². The van der Waals surface area contributed by atoms with Gasteiger partial charge in [-0.1, -0.05) is 144 Å². The molecule has 4 aromatic rings. The van der Waals surface area contributed by atoms with E-state index in [1.54, 1.807) is 62.8 Å². The summed E-state index contributed by atoms with van der Waals surface area (Å²) in [5, 5.41) is 18.1. The molecular formula is C48H64F3O9P. The predicted octanol–water partition coefficient (Wildman–Crippen LogP) is 11.7.